The molecule has 1 fully saturated rings. The van der Waals surface area contributed by atoms with Crippen molar-refractivity contribution in [3.63, 3.8) is 0 Å². The number of carboxylic acid groups (broad SMARTS) is 6. The minimum absolute atomic E-state index is 0.0175. The van der Waals surface area contributed by atoms with Gasteiger partial charge in [-0.3, -0.25) is 38.4 Å². The fourth-order valence-corrected chi connectivity index (χ4v) is 4.79. The second-order valence-corrected chi connectivity index (χ2v) is 8.92. The first-order valence-electron chi connectivity index (χ1n) is 11.3. The number of hydrogen-bond donors (Lipinski definition) is 6. The molecule has 0 bridgehead atoms. The highest BCUT2D eigenvalue weighted by Crippen LogP contribution is 2.48. The molecule has 0 spiro atoms. The lowest BCUT2D eigenvalue weighted by Gasteiger charge is -2.35. The van der Waals surface area contributed by atoms with Crippen LogP contribution in [-0.4, -0.2) is 78.4 Å². The van der Waals surface area contributed by atoms with Crippen LogP contribution >= 0.6 is 0 Å². The fourth-order valence-electron chi connectivity index (χ4n) is 4.79. The molecule has 1 heterocycles. The highest BCUT2D eigenvalue weighted by atomic mass is 16.6. The summed E-state index contributed by atoms with van der Waals surface area (Å²) < 4.78 is 4.57. The smallest absolute Gasteiger partial charge is 0.317 e. The Morgan fingerprint density at radius 3 is 1.59 bits per heavy atom. The fraction of sp³-hybridized carbons (Fsp3) is 0.417. The average Bonchev–Trinajstić information content (AvgIpc) is 3.17. The van der Waals surface area contributed by atoms with Gasteiger partial charge in [-0.05, 0) is 23.5 Å². The zero-order chi connectivity index (χ0) is 29.6. The molecule has 210 valence electrons. The Kier molecular flexibility index (Phi) is 9.84. The Balaban J connectivity index is 0.000000295. The van der Waals surface area contributed by atoms with Crippen molar-refractivity contribution in [1.82, 2.24) is 0 Å². The molecule has 0 amide bonds. The number of benzene rings is 1. The van der Waals surface area contributed by atoms with Crippen molar-refractivity contribution in [2.45, 2.75) is 37.5 Å². The third-order valence-electron chi connectivity index (χ3n) is 6.52. The van der Waals surface area contributed by atoms with Crippen molar-refractivity contribution in [3.05, 3.63) is 35.4 Å². The van der Waals surface area contributed by atoms with Gasteiger partial charge in [0, 0.05) is 0 Å². The molecule has 1 saturated heterocycles. The lowest BCUT2D eigenvalue weighted by molar-refractivity contribution is -0.160. The van der Waals surface area contributed by atoms with E-state index >= 15 is 0 Å². The van der Waals surface area contributed by atoms with Crippen molar-refractivity contribution in [1.29, 1.82) is 0 Å². The van der Waals surface area contributed by atoms with E-state index in [-0.39, 0.29) is 12.8 Å². The standard InChI is InChI=1S/C16H14O7.C8H10O8/c17-12-6-10(16(22)23-12)9-5-11(14(18)19)13(15(20)21)8-4-2-1-3-7(8)9;9-5(10)1-3(7(13)14)4(8(15)16)2-6(11)12/h1-4,9-11,13H,5-6H2,(H,18,19)(H,20,21);3-4H,1-2H2,(H,9,10)(H,11,12)(H,13,14)(H,15,16). The Morgan fingerprint density at radius 2 is 1.23 bits per heavy atom. The first-order valence-corrected chi connectivity index (χ1v) is 11.3. The molecule has 1 aliphatic carbocycles. The van der Waals surface area contributed by atoms with E-state index < -0.39 is 96.1 Å². The normalized spacial score (nSPS) is 23.2. The highest BCUT2D eigenvalue weighted by Gasteiger charge is 2.49. The summed E-state index contributed by atoms with van der Waals surface area (Å²) in [4.78, 5) is 88.3. The summed E-state index contributed by atoms with van der Waals surface area (Å²) in [6.07, 6.45) is -1.99. The summed E-state index contributed by atoms with van der Waals surface area (Å²) in [7, 11) is 0. The summed E-state index contributed by atoms with van der Waals surface area (Å²) in [5.74, 6) is -17.2. The topological polar surface area (TPSA) is 267 Å². The molecular formula is C24H24O15. The third kappa shape index (κ3) is 7.37. The number of rotatable bonds is 10. The van der Waals surface area contributed by atoms with Gasteiger partial charge in [-0.2, -0.15) is 0 Å². The van der Waals surface area contributed by atoms with Gasteiger partial charge in [-0.25, -0.2) is 0 Å². The number of fused-ring (bicyclic) bond motifs is 1. The largest absolute Gasteiger partial charge is 0.481 e. The molecule has 6 unspecified atom stereocenters. The molecule has 2 aliphatic rings. The van der Waals surface area contributed by atoms with Gasteiger partial charge in [0.1, 0.15) is 0 Å². The van der Waals surface area contributed by atoms with Gasteiger partial charge in [0.25, 0.3) is 0 Å². The summed E-state index contributed by atoms with van der Waals surface area (Å²) >= 11 is 0. The molecule has 1 aliphatic heterocycles. The Morgan fingerprint density at radius 1 is 0.744 bits per heavy atom. The van der Waals surface area contributed by atoms with E-state index in [1.54, 1.807) is 24.3 Å². The van der Waals surface area contributed by atoms with Crippen LogP contribution < -0.4 is 0 Å². The average molecular weight is 552 g/mol. The van der Waals surface area contributed by atoms with Crippen LogP contribution in [0.2, 0.25) is 0 Å². The second kappa shape index (κ2) is 12.6. The number of esters is 2. The molecule has 0 saturated carbocycles. The summed E-state index contributed by atoms with van der Waals surface area (Å²) in [6, 6.07) is 6.59. The van der Waals surface area contributed by atoms with Gasteiger partial charge < -0.3 is 35.4 Å². The molecule has 39 heavy (non-hydrogen) atoms. The van der Waals surface area contributed by atoms with Crippen LogP contribution in [0, 0.1) is 23.7 Å². The number of carbonyl (C=O) groups excluding carboxylic acids is 2. The number of ether oxygens (including phenoxy) is 1. The third-order valence-corrected chi connectivity index (χ3v) is 6.52. The summed E-state index contributed by atoms with van der Waals surface area (Å²) in [5, 5.41) is 52.9. The van der Waals surface area contributed by atoms with Crippen molar-refractivity contribution in [2.75, 3.05) is 0 Å². The van der Waals surface area contributed by atoms with Crippen LogP contribution in [0.25, 0.3) is 0 Å². The molecule has 0 aromatic heterocycles. The van der Waals surface area contributed by atoms with E-state index in [4.69, 9.17) is 20.4 Å². The van der Waals surface area contributed by atoms with Gasteiger partial charge in [0.2, 0.25) is 0 Å². The Hall–Kier alpha value is -4.82. The molecule has 15 nitrogen and oxygen atoms in total. The lowest BCUT2D eigenvalue weighted by Crippen LogP contribution is -2.36. The zero-order valence-electron chi connectivity index (χ0n) is 20.0. The maximum absolute atomic E-state index is 11.9. The maximum atomic E-state index is 11.9. The van der Waals surface area contributed by atoms with Crippen LogP contribution in [0.4, 0.5) is 0 Å². The van der Waals surface area contributed by atoms with E-state index in [1.807, 2.05) is 0 Å². The molecule has 3 rings (SSSR count). The number of cyclic esters (lactones) is 2. The number of hydrogen-bond acceptors (Lipinski definition) is 9. The molecule has 6 N–H and O–H groups in total. The number of carboxylic acids is 6. The van der Waals surface area contributed by atoms with Crippen molar-refractivity contribution < 1.29 is 73.7 Å². The van der Waals surface area contributed by atoms with Crippen LogP contribution in [0.1, 0.15) is 48.6 Å². The van der Waals surface area contributed by atoms with Crippen LogP contribution in [-0.2, 0) is 43.1 Å². The van der Waals surface area contributed by atoms with Crippen molar-refractivity contribution in [3.8, 4) is 0 Å². The molecule has 6 atom stereocenters. The zero-order valence-corrected chi connectivity index (χ0v) is 20.0. The summed E-state index contributed by atoms with van der Waals surface area (Å²) in [6.45, 7) is 0. The Labute approximate surface area is 218 Å². The highest BCUT2D eigenvalue weighted by molar-refractivity contribution is 5.95. The Bertz CT molecular complexity index is 1170. The summed E-state index contributed by atoms with van der Waals surface area (Å²) in [5.41, 5.74) is 0.991. The van der Waals surface area contributed by atoms with Gasteiger partial charge in [-0.1, -0.05) is 24.3 Å². The monoisotopic (exact) mass is 552 g/mol. The van der Waals surface area contributed by atoms with E-state index in [1.165, 1.54) is 0 Å². The molecule has 0 radical (unpaired) electrons. The quantitative estimate of drug-likeness (QED) is 0.170. The minimum Gasteiger partial charge on any atom is -0.481 e. The van der Waals surface area contributed by atoms with Crippen LogP contribution in [0.3, 0.4) is 0 Å². The minimum atomic E-state index is -1.76. The van der Waals surface area contributed by atoms with Gasteiger partial charge in [0.05, 0.1) is 48.9 Å². The predicted octanol–water partition coefficient (Wildman–Crippen LogP) is 0.470. The lowest BCUT2D eigenvalue weighted by atomic mass is 9.66. The van der Waals surface area contributed by atoms with Crippen LogP contribution in [0.5, 0.6) is 0 Å². The number of carbonyl (C=O) groups is 8. The van der Waals surface area contributed by atoms with Crippen LogP contribution in [0.15, 0.2) is 24.3 Å². The molecule has 1 aromatic carbocycles. The SMILES string of the molecule is O=C(O)CC(C(=O)O)C(CC(=O)O)C(=O)O.O=C1CC(C2CC(C(=O)O)C(C(=O)O)c3ccccc32)C(=O)O1. The van der Waals surface area contributed by atoms with E-state index in [0.717, 1.165) is 0 Å². The van der Waals surface area contributed by atoms with Crippen molar-refractivity contribution >= 4 is 47.8 Å². The predicted molar refractivity (Wildman–Crippen MR) is 121 cm³/mol. The van der Waals surface area contributed by atoms with Crippen molar-refractivity contribution in [2.24, 2.45) is 23.7 Å². The van der Waals surface area contributed by atoms with E-state index in [2.05, 4.69) is 4.74 Å². The molecule has 1 aromatic rings. The molecule has 15 heteroatoms. The van der Waals surface area contributed by atoms with E-state index in [9.17, 15) is 48.6 Å². The first kappa shape index (κ1) is 30.4. The molecular weight excluding hydrogens is 528 g/mol. The van der Waals surface area contributed by atoms with Gasteiger partial charge in [0.15, 0.2) is 0 Å². The van der Waals surface area contributed by atoms with Gasteiger partial charge in [-0.15, -0.1) is 0 Å². The first-order chi connectivity index (χ1) is 18.1. The maximum Gasteiger partial charge on any atom is 0.317 e. The van der Waals surface area contributed by atoms with Gasteiger partial charge >= 0.3 is 47.8 Å². The second-order valence-electron chi connectivity index (χ2n) is 8.92. The van der Waals surface area contributed by atoms with E-state index in [0.29, 0.717) is 11.1 Å². The number of aliphatic carboxylic acids is 6.